The lowest BCUT2D eigenvalue weighted by Gasteiger charge is -2.21. The maximum Gasteiger partial charge on any atom is 0.244 e. The number of hydrogen-bond donors (Lipinski definition) is 6. The van der Waals surface area contributed by atoms with E-state index in [1.807, 2.05) is 0 Å². The van der Waals surface area contributed by atoms with Crippen molar-refractivity contribution < 1.29 is 25.5 Å². The Balaban J connectivity index is 2.12. The summed E-state index contributed by atoms with van der Waals surface area (Å²) >= 11 is 0. The van der Waals surface area contributed by atoms with Crippen LogP contribution in [0.2, 0.25) is 0 Å². The zero-order valence-electron chi connectivity index (χ0n) is 10.8. The SMILES string of the molecule is Nc1nc(O)c2ncn(C3C(O)C(O)C(CO)C3O)c2n1. The minimum absolute atomic E-state index is 0.0607. The van der Waals surface area contributed by atoms with E-state index in [9.17, 15) is 25.5 Å². The predicted molar refractivity (Wildman–Crippen MR) is 69.0 cm³/mol. The third kappa shape index (κ3) is 1.92. The van der Waals surface area contributed by atoms with Crippen molar-refractivity contribution >= 4 is 17.1 Å². The summed E-state index contributed by atoms with van der Waals surface area (Å²) in [6, 6.07) is -0.976. The molecule has 1 aliphatic rings. The molecule has 7 N–H and O–H groups in total. The maximum atomic E-state index is 10.2. The number of nitrogen functional groups attached to an aromatic ring is 1. The number of hydrogen-bond acceptors (Lipinski definition) is 9. The second kappa shape index (κ2) is 4.77. The lowest BCUT2D eigenvalue weighted by atomic mass is 10.0. The van der Waals surface area contributed by atoms with Crippen molar-refractivity contribution in [2.24, 2.45) is 5.92 Å². The summed E-state index contributed by atoms with van der Waals surface area (Å²) in [4.78, 5) is 11.4. The first-order valence-corrected chi connectivity index (χ1v) is 6.29. The van der Waals surface area contributed by atoms with Crippen LogP contribution in [0.25, 0.3) is 11.2 Å². The van der Waals surface area contributed by atoms with Gasteiger partial charge in [-0.25, -0.2) is 4.98 Å². The fourth-order valence-corrected chi connectivity index (χ4v) is 2.79. The van der Waals surface area contributed by atoms with E-state index in [0.717, 1.165) is 0 Å². The molecule has 2 aromatic rings. The Morgan fingerprint density at radius 3 is 2.48 bits per heavy atom. The van der Waals surface area contributed by atoms with Crippen LogP contribution in [0, 0.1) is 5.92 Å². The first-order chi connectivity index (χ1) is 9.95. The minimum Gasteiger partial charge on any atom is -0.492 e. The predicted octanol–water partition coefficient (Wildman–Crippen LogP) is -2.64. The van der Waals surface area contributed by atoms with Gasteiger partial charge < -0.3 is 35.8 Å². The summed E-state index contributed by atoms with van der Waals surface area (Å²) in [6.07, 6.45) is -2.58. The summed E-state index contributed by atoms with van der Waals surface area (Å²) in [5, 5.41) is 49.0. The van der Waals surface area contributed by atoms with E-state index in [-0.39, 0.29) is 17.1 Å². The highest BCUT2D eigenvalue weighted by Crippen LogP contribution is 2.37. The van der Waals surface area contributed by atoms with E-state index in [2.05, 4.69) is 15.0 Å². The monoisotopic (exact) mass is 297 g/mol. The second-order valence-electron chi connectivity index (χ2n) is 5.04. The molecule has 0 aliphatic heterocycles. The van der Waals surface area contributed by atoms with E-state index >= 15 is 0 Å². The molecule has 2 aromatic heterocycles. The lowest BCUT2D eigenvalue weighted by molar-refractivity contribution is -0.00782. The first kappa shape index (κ1) is 13.9. The Kier molecular flexibility index (Phi) is 3.17. The number of fused-ring (bicyclic) bond motifs is 1. The van der Waals surface area contributed by atoms with Crippen molar-refractivity contribution in [1.29, 1.82) is 0 Å². The van der Waals surface area contributed by atoms with Crippen molar-refractivity contribution in [3.05, 3.63) is 6.33 Å². The Bertz CT molecular complexity index is 676. The molecule has 1 fully saturated rings. The van der Waals surface area contributed by atoms with Gasteiger partial charge in [0, 0.05) is 5.92 Å². The largest absolute Gasteiger partial charge is 0.492 e. The molecule has 21 heavy (non-hydrogen) atoms. The van der Waals surface area contributed by atoms with E-state index in [1.54, 1.807) is 0 Å². The van der Waals surface area contributed by atoms with Gasteiger partial charge in [-0.05, 0) is 0 Å². The molecule has 3 rings (SSSR count). The van der Waals surface area contributed by atoms with E-state index in [1.165, 1.54) is 10.9 Å². The van der Waals surface area contributed by atoms with Crippen LogP contribution in [0.15, 0.2) is 6.33 Å². The highest BCUT2D eigenvalue weighted by atomic mass is 16.3. The lowest BCUT2D eigenvalue weighted by Crippen LogP contribution is -2.30. The number of anilines is 1. The van der Waals surface area contributed by atoms with Gasteiger partial charge in [0.2, 0.25) is 11.8 Å². The Hall–Kier alpha value is -2.01. The third-order valence-corrected chi connectivity index (χ3v) is 3.88. The van der Waals surface area contributed by atoms with Crippen LogP contribution in [-0.2, 0) is 0 Å². The average molecular weight is 297 g/mol. The molecule has 2 heterocycles. The Labute approximate surface area is 118 Å². The standard InChI is InChI=1S/C11H15N5O5/c12-11-14-9-4(10(21)15-11)13-2-16(9)5-6(18)3(1-17)7(19)8(5)20/h2-3,5-8,17-20H,1H2,(H3,12,14,15,21). The first-order valence-electron chi connectivity index (χ1n) is 6.29. The van der Waals surface area contributed by atoms with Crippen LogP contribution in [0.5, 0.6) is 5.88 Å². The number of aromatic hydroxyl groups is 1. The summed E-state index contributed by atoms with van der Waals surface area (Å²) in [7, 11) is 0. The molecule has 10 nitrogen and oxygen atoms in total. The number of aliphatic hydroxyl groups excluding tert-OH is 4. The molecule has 114 valence electrons. The van der Waals surface area contributed by atoms with Crippen molar-refractivity contribution in [3.8, 4) is 5.88 Å². The summed E-state index contributed by atoms with van der Waals surface area (Å²) in [6.45, 7) is -0.481. The van der Waals surface area contributed by atoms with Crippen LogP contribution in [0.3, 0.4) is 0 Å². The smallest absolute Gasteiger partial charge is 0.244 e. The summed E-state index contributed by atoms with van der Waals surface area (Å²) in [5.74, 6) is -1.50. The molecular weight excluding hydrogens is 282 g/mol. The molecule has 0 bridgehead atoms. The molecule has 0 spiro atoms. The van der Waals surface area contributed by atoms with Crippen LogP contribution in [0.1, 0.15) is 6.04 Å². The van der Waals surface area contributed by atoms with Gasteiger partial charge in [-0.3, -0.25) is 0 Å². The molecule has 0 saturated heterocycles. The fraction of sp³-hybridized carbons (Fsp3) is 0.545. The van der Waals surface area contributed by atoms with Gasteiger partial charge >= 0.3 is 0 Å². The van der Waals surface area contributed by atoms with Crippen LogP contribution in [-0.4, -0.2) is 70.0 Å². The molecule has 10 heteroatoms. The molecule has 0 aromatic carbocycles. The van der Waals surface area contributed by atoms with E-state index in [0.29, 0.717) is 0 Å². The van der Waals surface area contributed by atoms with Gasteiger partial charge in [0.05, 0.1) is 31.2 Å². The van der Waals surface area contributed by atoms with Gasteiger partial charge in [-0.15, -0.1) is 0 Å². The Morgan fingerprint density at radius 1 is 1.14 bits per heavy atom. The van der Waals surface area contributed by atoms with Crippen molar-refractivity contribution in [2.75, 3.05) is 12.3 Å². The molecule has 1 aliphatic carbocycles. The molecule has 1 saturated carbocycles. The number of imidazole rings is 1. The number of rotatable bonds is 2. The molecule has 0 radical (unpaired) electrons. The third-order valence-electron chi connectivity index (χ3n) is 3.88. The quantitative estimate of drug-likeness (QED) is 0.346. The highest BCUT2D eigenvalue weighted by molar-refractivity contribution is 5.77. The van der Waals surface area contributed by atoms with Crippen molar-refractivity contribution in [1.82, 2.24) is 19.5 Å². The normalized spacial score (nSPS) is 32.9. The van der Waals surface area contributed by atoms with E-state index < -0.39 is 42.8 Å². The molecule has 0 amide bonds. The summed E-state index contributed by atoms with van der Waals surface area (Å²) < 4.78 is 1.31. The van der Waals surface area contributed by atoms with Crippen LogP contribution < -0.4 is 5.73 Å². The number of aromatic nitrogens is 4. The molecular formula is C11H15N5O5. The van der Waals surface area contributed by atoms with Gasteiger partial charge in [0.15, 0.2) is 11.2 Å². The topological polar surface area (TPSA) is 171 Å². The minimum atomic E-state index is -1.33. The fourth-order valence-electron chi connectivity index (χ4n) is 2.79. The van der Waals surface area contributed by atoms with Gasteiger partial charge in [0.25, 0.3) is 0 Å². The molecule has 5 unspecified atom stereocenters. The Morgan fingerprint density at radius 2 is 1.86 bits per heavy atom. The average Bonchev–Trinajstić information content (AvgIpc) is 2.91. The highest BCUT2D eigenvalue weighted by Gasteiger charge is 2.50. The van der Waals surface area contributed by atoms with Gasteiger partial charge in [-0.1, -0.05) is 0 Å². The van der Waals surface area contributed by atoms with Gasteiger partial charge in [0.1, 0.15) is 6.10 Å². The van der Waals surface area contributed by atoms with Gasteiger partial charge in [-0.2, -0.15) is 9.97 Å². The second-order valence-corrected chi connectivity index (χ2v) is 5.04. The zero-order chi connectivity index (χ0) is 15.3. The maximum absolute atomic E-state index is 10.2. The van der Waals surface area contributed by atoms with Crippen LogP contribution in [0.4, 0.5) is 5.95 Å². The summed E-state index contributed by atoms with van der Waals surface area (Å²) in [5.41, 5.74) is 5.64. The number of nitrogens with two attached hydrogens (primary N) is 1. The van der Waals surface area contributed by atoms with Crippen LogP contribution >= 0.6 is 0 Å². The number of aliphatic hydroxyl groups is 4. The van der Waals surface area contributed by atoms with Crippen molar-refractivity contribution in [2.45, 2.75) is 24.4 Å². The van der Waals surface area contributed by atoms with E-state index in [4.69, 9.17) is 5.73 Å². The van der Waals surface area contributed by atoms with Crippen molar-refractivity contribution in [3.63, 3.8) is 0 Å². The molecule has 5 atom stereocenters. The zero-order valence-corrected chi connectivity index (χ0v) is 10.8. The number of nitrogens with zero attached hydrogens (tertiary/aromatic N) is 4.